The molecule has 1 unspecified atom stereocenters. The van der Waals surface area contributed by atoms with Crippen LogP contribution in [0.25, 0.3) is 11.3 Å². The van der Waals surface area contributed by atoms with Gasteiger partial charge < -0.3 is 48.4 Å². The Balaban J connectivity index is 1.05. The van der Waals surface area contributed by atoms with Gasteiger partial charge in [0.1, 0.15) is 59.9 Å². The monoisotopic (exact) mass is 1150 g/mol. The summed E-state index contributed by atoms with van der Waals surface area (Å²) in [4.78, 5) is 22.0. The lowest BCUT2D eigenvalue weighted by molar-refractivity contribution is -0.137. The van der Waals surface area contributed by atoms with Crippen molar-refractivity contribution in [2.75, 3.05) is 69.9 Å². The predicted molar refractivity (Wildman–Crippen MR) is 308 cm³/mol. The molecule has 84 heavy (non-hydrogen) atoms. The number of hydrogen-bond donors (Lipinski definition) is 1. The van der Waals surface area contributed by atoms with Gasteiger partial charge in [-0.05, 0) is 122 Å². The van der Waals surface area contributed by atoms with E-state index in [9.17, 15) is 0 Å². The van der Waals surface area contributed by atoms with Gasteiger partial charge in [-0.15, -0.1) is 0 Å². The summed E-state index contributed by atoms with van der Waals surface area (Å²) in [5, 5.41) is 2.93. The molecule has 7 aromatic rings. The van der Waals surface area contributed by atoms with E-state index in [1.165, 1.54) is 33.4 Å². The summed E-state index contributed by atoms with van der Waals surface area (Å²) >= 11 is 0. The molecule has 6 heterocycles. The molecule has 0 radical (unpaired) electrons. The first-order chi connectivity index (χ1) is 40.6. The molecule has 1 N–H and O–H groups in total. The Morgan fingerprint density at radius 2 is 1.30 bits per heavy atom. The van der Waals surface area contributed by atoms with Crippen molar-refractivity contribution in [3.63, 3.8) is 0 Å². The van der Waals surface area contributed by atoms with Gasteiger partial charge in [0.2, 0.25) is 0 Å². The van der Waals surface area contributed by atoms with E-state index in [-0.39, 0.29) is 73.7 Å². The van der Waals surface area contributed by atoms with Gasteiger partial charge in [-0.25, -0.2) is 28.1 Å². The third-order valence-electron chi connectivity index (χ3n) is 16.1. The summed E-state index contributed by atoms with van der Waals surface area (Å²) in [7, 11) is 6.28. The lowest BCUT2D eigenvalue weighted by Crippen LogP contribution is -2.42. The standard InChI is InChI=1S/C64H64F6N8O6/c1-39-29-51(75(31-41-10-18-46(79-3)19-11-41)32-42-12-20-47(80-4)21-13-42)74-58(55(39)64(68,69)70)53-56(66)59-54-60(57(53)67)84-52(83-37-63-26-8-28-77(63)35-45(65)30-63)36-78(62(54)73-38-72-59)40(2)50-9-7-27-71-61(50)76(33-43-14-22-48(81-5)23-15-43)34-44-16-24-49(82-6)25-17-44/h7,9-25,27,29,36,40,45,72H,8,26,28,30-35,37-38H2,1-6H3/t40?,45-,63+/m1/s1. The summed E-state index contributed by atoms with van der Waals surface area (Å²) in [6.45, 7) is 4.67. The Labute approximate surface area is 483 Å². The first-order valence-corrected chi connectivity index (χ1v) is 27.7. The highest BCUT2D eigenvalue weighted by Crippen LogP contribution is 2.50. The number of nitrogens with zero attached hydrogens (tertiary/aromatic N) is 7. The van der Waals surface area contributed by atoms with Gasteiger partial charge in [0.25, 0.3) is 0 Å². The second-order valence-electron chi connectivity index (χ2n) is 21.4. The van der Waals surface area contributed by atoms with E-state index >= 15 is 26.3 Å². The molecule has 20 heteroatoms. The fourth-order valence-electron chi connectivity index (χ4n) is 11.9. The highest BCUT2D eigenvalue weighted by Gasteiger charge is 2.50. The van der Waals surface area contributed by atoms with E-state index in [0.29, 0.717) is 60.4 Å². The molecular formula is C64H64F6N8O6. The fraction of sp³-hybridized carbons (Fsp3) is 0.328. The Hall–Kier alpha value is -8.65. The third kappa shape index (κ3) is 11.5. The molecule has 0 saturated carbocycles. The molecule has 438 valence electrons. The van der Waals surface area contributed by atoms with Gasteiger partial charge in [-0.2, -0.15) is 13.2 Å². The number of hydrogen-bond acceptors (Lipinski definition) is 14. The number of pyridine rings is 2. The van der Waals surface area contributed by atoms with E-state index in [1.807, 2.05) is 85.8 Å². The number of rotatable bonds is 20. The first-order valence-electron chi connectivity index (χ1n) is 27.7. The number of aromatic nitrogens is 2. The maximum atomic E-state index is 18.5. The van der Waals surface area contributed by atoms with Crippen LogP contribution in [0.1, 0.15) is 76.7 Å². The molecule has 2 aromatic heterocycles. The second kappa shape index (κ2) is 23.9. The van der Waals surface area contributed by atoms with Gasteiger partial charge in [0.15, 0.2) is 17.4 Å². The molecule has 14 nitrogen and oxygen atoms in total. The molecule has 2 saturated heterocycles. The van der Waals surface area contributed by atoms with Crippen LogP contribution >= 0.6 is 0 Å². The van der Waals surface area contributed by atoms with Crippen molar-refractivity contribution in [2.24, 2.45) is 4.99 Å². The fourth-order valence-corrected chi connectivity index (χ4v) is 11.9. The zero-order valence-electron chi connectivity index (χ0n) is 47.4. The number of alkyl halides is 4. The predicted octanol–water partition coefficient (Wildman–Crippen LogP) is 13.2. The lowest BCUT2D eigenvalue weighted by Gasteiger charge is -2.34. The zero-order valence-corrected chi connectivity index (χ0v) is 47.4. The van der Waals surface area contributed by atoms with Crippen molar-refractivity contribution >= 4 is 23.2 Å². The number of benzene rings is 5. The SMILES string of the molecule is COc1ccc(CN(Cc2ccc(OC)cc2)c2cc(C)c(C(F)(F)F)c(-c3c(F)c4c5c(c3F)OC(OC[C@@]36CCCN3C[C@H](F)C6)=CN(C(C)c3cccnc3N(Cc3ccc(OC)cc3)Cc3ccc(OC)cc3)C5=NCN4)n2)cc1. The third-order valence-corrected chi connectivity index (χ3v) is 16.1. The van der Waals surface area contributed by atoms with Crippen LogP contribution in [0.5, 0.6) is 28.7 Å². The van der Waals surface area contributed by atoms with Gasteiger partial charge in [-0.3, -0.25) is 4.90 Å². The van der Waals surface area contributed by atoms with Crippen molar-refractivity contribution < 1.29 is 54.8 Å². The van der Waals surface area contributed by atoms with Crippen LogP contribution in [0.2, 0.25) is 0 Å². The highest BCUT2D eigenvalue weighted by molar-refractivity contribution is 6.09. The zero-order chi connectivity index (χ0) is 58.9. The average molecular weight is 1160 g/mol. The smallest absolute Gasteiger partial charge is 0.418 e. The van der Waals surface area contributed by atoms with E-state index in [1.54, 1.807) is 60.5 Å². The van der Waals surface area contributed by atoms with Gasteiger partial charge in [-0.1, -0.05) is 54.6 Å². The van der Waals surface area contributed by atoms with E-state index < -0.39 is 58.1 Å². The van der Waals surface area contributed by atoms with Crippen LogP contribution in [-0.4, -0.2) is 92.1 Å². The van der Waals surface area contributed by atoms with Gasteiger partial charge in [0, 0.05) is 50.9 Å². The minimum Gasteiger partial charge on any atom is -0.497 e. The van der Waals surface area contributed by atoms with Crippen LogP contribution < -0.4 is 38.8 Å². The van der Waals surface area contributed by atoms with Crippen molar-refractivity contribution in [1.29, 1.82) is 0 Å². The normalized spacial score (nSPS) is 17.6. The van der Waals surface area contributed by atoms with Crippen LogP contribution in [-0.2, 0) is 37.1 Å². The summed E-state index contributed by atoms with van der Waals surface area (Å²) < 4.78 is 134. The number of nitrogens with one attached hydrogen (secondary N) is 1. The van der Waals surface area contributed by atoms with Gasteiger partial charge in [0.05, 0.1) is 74.3 Å². The highest BCUT2D eigenvalue weighted by atomic mass is 19.4. The number of ether oxygens (including phenoxy) is 6. The van der Waals surface area contributed by atoms with Crippen molar-refractivity contribution in [3.05, 3.63) is 190 Å². The maximum absolute atomic E-state index is 18.5. The number of fused-ring (bicyclic) bond motifs is 1. The number of halogens is 6. The van der Waals surface area contributed by atoms with E-state index in [4.69, 9.17) is 38.4 Å². The Bertz CT molecular complexity index is 3470. The van der Waals surface area contributed by atoms with Gasteiger partial charge >= 0.3 is 12.1 Å². The number of anilines is 3. The number of methoxy groups -OCH3 is 4. The lowest BCUT2D eigenvalue weighted by atomic mass is 9.95. The summed E-state index contributed by atoms with van der Waals surface area (Å²) in [5.41, 5.74) is -0.972. The molecular weight excluding hydrogens is 1090 g/mol. The number of aryl methyl sites for hydroxylation is 1. The molecule has 0 spiro atoms. The summed E-state index contributed by atoms with van der Waals surface area (Å²) in [6, 6.07) is 33.9. The first kappa shape index (κ1) is 57.2. The quantitative estimate of drug-likeness (QED) is 0.0730. The molecule has 4 aliphatic rings. The molecule has 11 rings (SSSR count). The van der Waals surface area contributed by atoms with Crippen LogP contribution in [0.3, 0.4) is 0 Å². The van der Waals surface area contributed by atoms with E-state index in [0.717, 1.165) is 28.7 Å². The van der Waals surface area contributed by atoms with Crippen LogP contribution in [0.4, 0.5) is 43.7 Å². The Morgan fingerprint density at radius 1 is 0.750 bits per heavy atom. The van der Waals surface area contributed by atoms with Crippen LogP contribution in [0.15, 0.2) is 139 Å². The topological polar surface area (TPSA) is 119 Å². The number of aliphatic imine (C=N–C) groups is 1. The molecule has 3 atom stereocenters. The molecule has 4 aliphatic heterocycles. The minimum atomic E-state index is -5.15. The Morgan fingerprint density at radius 3 is 1.83 bits per heavy atom. The molecule has 0 aliphatic carbocycles. The largest absolute Gasteiger partial charge is 0.497 e. The molecule has 2 fully saturated rings. The minimum absolute atomic E-state index is 0.00738. The van der Waals surface area contributed by atoms with Crippen LogP contribution in [0, 0.1) is 18.6 Å². The van der Waals surface area contributed by atoms with E-state index in [2.05, 4.69) is 20.1 Å². The average Bonchev–Trinajstić information content (AvgIpc) is 2.13. The second-order valence-corrected chi connectivity index (χ2v) is 21.4. The van der Waals surface area contributed by atoms with Crippen molar-refractivity contribution in [1.82, 2.24) is 19.8 Å². The van der Waals surface area contributed by atoms with Crippen molar-refractivity contribution in [2.45, 2.75) is 83.2 Å². The molecule has 5 aromatic carbocycles. The maximum Gasteiger partial charge on any atom is 0.418 e. The molecule has 0 amide bonds. The van der Waals surface area contributed by atoms with Crippen molar-refractivity contribution in [3.8, 4) is 40.0 Å². The molecule has 0 bridgehead atoms. The summed E-state index contributed by atoms with van der Waals surface area (Å²) in [5.74, 6) is -0.583. The Kier molecular flexibility index (Phi) is 16.3. The summed E-state index contributed by atoms with van der Waals surface area (Å²) in [6.07, 6.45) is -1.47. The number of amidine groups is 1.